The Bertz CT molecular complexity index is 401. The maximum absolute atomic E-state index is 10.8. The fraction of sp³-hybridized carbons (Fsp3) is 0.533. The van der Waals surface area contributed by atoms with Crippen molar-refractivity contribution in [2.45, 2.75) is 52.3 Å². The van der Waals surface area contributed by atoms with Crippen LogP contribution in [0.5, 0.6) is 5.75 Å². The van der Waals surface area contributed by atoms with Crippen molar-refractivity contribution in [1.82, 2.24) is 5.32 Å². The lowest BCUT2D eigenvalue weighted by Crippen LogP contribution is -2.32. The van der Waals surface area contributed by atoms with Crippen LogP contribution in [0.25, 0.3) is 0 Å². The topological polar surface area (TPSA) is 64.4 Å². The number of hydrogen-bond donors (Lipinski definition) is 2. The van der Waals surface area contributed by atoms with Crippen molar-refractivity contribution in [2.75, 3.05) is 0 Å². The number of amides is 1. The van der Waals surface area contributed by atoms with E-state index in [1.807, 2.05) is 45.0 Å². The molecule has 4 nitrogen and oxygen atoms in total. The molecule has 3 N–H and O–H groups in total. The number of nitrogens with one attached hydrogen (secondary N) is 1. The molecule has 1 rings (SSSR count). The summed E-state index contributed by atoms with van der Waals surface area (Å²) in [7, 11) is 0. The van der Waals surface area contributed by atoms with Gasteiger partial charge in [-0.3, -0.25) is 4.79 Å². The number of carbonyl (C=O) groups is 1. The first-order chi connectivity index (χ1) is 8.88. The van der Waals surface area contributed by atoms with Crippen LogP contribution >= 0.6 is 0 Å². The average Bonchev–Trinajstić information content (AvgIpc) is 2.27. The lowest BCUT2D eigenvalue weighted by Gasteiger charge is -2.20. The third kappa shape index (κ3) is 5.75. The highest BCUT2D eigenvalue weighted by atomic mass is 16.5. The molecule has 1 amide bonds. The van der Waals surface area contributed by atoms with Crippen molar-refractivity contribution < 1.29 is 9.53 Å². The predicted octanol–water partition coefficient (Wildman–Crippen LogP) is 2.39. The highest BCUT2D eigenvalue weighted by molar-refractivity contribution is 5.74. The van der Waals surface area contributed by atoms with Crippen molar-refractivity contribution in [3.05, 3.63) is 29.8 Å². The summed E-state index contributed by atoms with van der Waals surface area (Å²) in [6, 6.07) is 8.23. The van der Waals surface area contributed by atoms with Gasteiger partial charge in [0.25, 0.3) is 0 Å². The van der Waals surface area contributed by atoms with Gasteiger partial charge >= 0.3 is 0 Å². The van der Waals surface area contributed by atoms with E-state index in [0.29, 0.717) is 6.42 Å². The van der Waals surface area contributed by atoms with E-state index in [1.165, 1.54) is 0 Å². The Morgan fingerprint density at radius 3 is 2.26 bits per heavy atom. The van der Waals surface area contributed by atoms with Crippen LogP contribution in [0.1, 0.15) is 45.7 Å². The normalized spacial score (nSPS) is 14.2. The largest absolute Gasteiger partial charge is 0.491 e. The number of hydrogen-bond acceptors (Lipinski definition) is 3. The minimum Gasteiger partial charge on any atom is -0.491 e. The molecule has 0 saturated heterocycles. The predicted molar refractivity (Wildman–Crippen MR) is 77.0 cm³/mol. The maximum atomic E-state index is 10.8. The first-order valence-electron chi connectivity index (χ1n) is 6.69. The third-order valence-corrected chi connectivity index (χ3v) is 2.79. The SMILES string of the molecule is CC(CC(N)=O)NC(C)c1ccc(OC(C)C)cc1. The van der Waals surface area contributed by atoms with Gasteiger partial charge in [-0.25, -0.2) is 0 Å². The van der Waals surface area contributed by atoms with Crippen molar-refractivity contribution in [2.24, 2.45) is 5.73 Å². The summed E-state index contributed by atoms with van der Waals surface area (Å²) in [4.78, 5) is 10.8. The van der Waals surface area contributed by atoms with Gasteiger partial charge in [0.1, 0.15) is 5.75 Å². The summed E-state index contributed by atoms with van der Waals surface area (Å²) in [5.41, 5.74) is 6.34. The molecular weight excluding hydrogens is 240 g/mol. The van der Waals surface area contributed by atoms with Crippen LogP contribution in [-0.2, 0) is 4.79 Å². The van der Waals surface area contributed by atoms with Gasteiger partial charge in [0.2, 0.25) is 5.91 Å². The smallest absolute Gasteiger partial charge is 0.218 e. The number of benzene rings is 1. The maximum Gasteiger partial charge on any atom is 0.218 e. The molecule has 1 aromatic rings. The Balaban J connectivity index is 2.57. The lowest BCUT2D eigenvalue weighted by molar-refractivity contribution is -0.118. The first-order valence-corrected chi connectivity index (χ1v) is 6.69. The summed E-state index contributed by atoms with van der Waals surface area (Å²) in [6.45, 7) is 8.03. The van der Waals surface area contributed by atoms with Crippen LogP contribution in [0, 0.1) is 0 Å². The molecule has 106 valence electrons. The fourth-order valence-electron chi connectivity index (χ4n) is 1.99. The molecule has 0 aliphatic heterocycles. The molecule has 0 radical (unpaired) electrons. The molecule has 4 heteroatoms. The van der Waals surface area contributed by atoms with Gasteiger partial charge in [0.15, 0.2) is 0 Å². The van der Waals surface area contributed by atoms with Crippen molar-refractivity contribution >= 4 is 5.91 Å². The van der Waals surface area contributed by atoms with Crippen LogP contribution in [0.2, 0.25) is 0 Å². The van der Waals surface area contributed by atoms with Gasteiger partial charge in [-0.15, -0.1) is 0 Å². The first kappa shape index (κ1) is 15.5. The molecular formula is C15H24N2O2. The van der Waals surface area contributed by atoms with Gasteiger partial charge in [0.05, 0.1) is 6.10 Å². The Morgan fingerprint density at radius 1 is 1.21 bits per heavy atom. The van der Waals surface area contributed by atoms with E-state index in [1.54, 1.807) is 0 Å². The molecule has 2 atom stereocenters. The summed E-state index contributed by atoms with van der Waals surface area (Å²) in [6.07, 6.45) is 0.524. The van der Waals surface area contributed by atoms with Crippen molar-refractivity contribution in [1.29, 1.82) is 0 Å². The van der Waals surface area contributed by atoms with Gasteiger partial charge in [-0.2, -0.15) is 0 Å². The van der Waals surface area contributed by atoms with E-state index in [9.17, 15) is 4.79 Å². The fourth-order valence-corrected chi connectivity index (χ4v) is 1.99. The molecule has 0 heterocycles. The third-order valence-electron chi connectivity index (χ3n) is 2.79. The molecule has 1 aromatic carbocycles. The molecule has 0 aromatic heterocycles. The van der Waals surface area contributed by atoms with Crippen LogP contribution in [0.3, 0.4) is 0 Å². The van der Waals surface area contributed by atoms with Crippen LogP contribution < -0.4 is 15.8 Å². The highest BCUT2D eigenvalue weighted by Crippen LogP contribution is 2.19. The zero-order valence-electron chi connectivity index (χ0n) is 12.1. The average molecular weight is 264 g/mol. The standard InChI is InChI=1S/C15H24N2O2/c1-10(2)19-14-7-5-13(6-8-14)12(4)17-11(3)9-15(16)18/h5-8,10-12,17H,9H2,1-4H3,(H2,16,18). The minimum atomic E-state index is -0.284. The summed E-state index contributed by atoms with van der Waals surface area (Å²) >= 11 is 0. The molecule has 0 fully saturated rings. The quantitative estimate of drug-likeness (QED) is 0.794. The summed E-state index contributed by atoms with van der Waals surface area (Å²) in [5, 5.41) is 3.35. The van der Waals surface area contributed by atoms with Gasteiger partial charge in [-0.1, -0.05) is 12.1 Å². The molecule has 19 heavy (non-hydrogen) atoms. The number of ether oxygens (including phenoxy) is 1. The molecule has 0 bridgehead atoms. The highest BCUT2D eigenvalue weighted by Gasteiger charge is 2.11. The lowest BCUT2D eigenvalue weighted by atomic mass is 10.1. The number of primary amides is 1. The number of rotatable bonds is 7. The Morgan fingerprint density at radius 2 is 1.79 bits per heavy atom. The molecule has 0 spiro atoms. The van der Waals surface area contributed by atoms with Crippen LogP contribution in [0.15, 0.2) is 24.3 Å². The Kier molecular flexibility index (Phi) is 5.83. The van der Waals surface area contributed by atoms with E-state index in [-0.39, 0.29) is 24.1 Å². The zero-order valence-corrected chi connectivity index (χ0v) is 12.1. The van der Waals surface area contributed by atoms with E-state index < -0.39 is 0 Å². The van der Waals surface area contributed by atoms with E-state index in [4.69, 9.17) is 10.5 Å². The van der Waals surface area contributed by atoms with Gasteiger partial charge in [-0.05, 0) is 45.4 Å². The van der Waals surface area contributed by atoms with Gasteiger partial charge in [0, 0.05) is 18.5 Å². The molecule has 0 aliphatic carbocycles. The van der Waals surface area contributed by atoms with Crippen molar-refractivity contribution in [3.63, 3.8) is 0 Å². The number of nitrogens with two attached hydrogens (primary N) is 1. The monoisotopic (exact) mass is 264 g/mol. The van der Waals surface area contributed by atoms with Crippen LogP contribution in [0.4, 0.5) is 0 Å². The summed E-state index contributed by atoms with van der Waals surface area (Å²) < 4.78 is 5.60. The van der Waals surface area contributed by atoms with Crippen LogP contribution in [-0.4, -0.2) is 18.1 Å². The Hall–Kier alpha value is -1.55. The van der Waals surface area contributed by atoms with Crippen molar-refractivity contribution in [3.8, 4) is 5.75 Å². The second-order valence-electron chi connectivity index (χ2n) is 5.20. The second kappa shape index (κ2) is 7.14. The second-order valence-corrected chi connectivity index (χ2v) is 5.20. The van der Waals surface area contributed by atoms with E-state index in [0.717, 1.165) is 11.3 Å². The number of carbonyl (C=O) groups excluding carboxylic acids is 1. The molecule has 0 saturated carbocycles. The van der Waals surface area contributed by atoms with Gasteiger partial charge < -0.3 is 15.8 Å². The summed E-state index contributed by atoms with van der Waals surface area (Å²) in [5.74, 6) is 0.587. The molecule has 0 aliphatic rings. The molecule has 2 unspecified atom stereocenters. The van der Waals surface area contributed by atoms with E-state index in [2.05, 4.69) is 12.2 Å². The Labute approximate surface area is 115 Å². The zero-order chi connectivity index (χ0) is 14.4. The minimum absolute atomic E-state index is 0.0686. The van der Waals surface area contributed by atoms with E-state index >= 15 is 0 Å².